The van der Waals surface area contributed by atoms with E-state index in [1.165, 1.54) is 5.56 Å². The summed E-state index contributed by atoms with van der Waals surface area (Å²) in [7, 11) is 0. The van der Waals surface area contributed by atoms with Gasteiger partial charge < -0.3 is 15.2 Å². The number of nitrogens with zero attached hydrogens (tertiary/aromatic N) is 2. The molecule has 0 saturated carbocycles. The third kappa shape index (κ3) is 5.84. The summed E-state index contributed by atoms with van der Waals surface area (Å²) in [4.78, 5) is 16.5. The molecule has 144 valence electrons. The quantitative estimate of drug-likeness (QED) is 0.493. The highest BCUT2D eigenvalue weighted by Gasteiger charge is 2.01. The number of nitrogens with one attached hydrogen (secondary N) is 2. The number of hydrogen-bond acceptors (Lipinski definition) is 2. The van der Waals surface area contributed by atoms with Gasteiger partial charge in [0.25, 0.3) is 5.56 Å². The number of pyridine rings is 1. The molecule has 0 amide bonds. The molecule has 0 radical (unpaired) electrons. The molecule has 0 aliphatic heterocycles. The van der Waals surface area contributed by atoms with Crippen molar-refractivity contribution in [2.24, 2.45) is 4.99 Å². The summed E-state index contributed by atoms with van der Waals surface area (Å²) in [6.45, 7) is 4.77. The van der Waals surface area contributed by atoms with Gasteiger partial charge in [0.1, 0.15) is 0 Å². The van der Waals surface area contributed by atoms with Crippen LogP contribution >= 0.6 is 0 Å². The fourth-order valence-electron chi connectivity index (χ4n) is 2.83. The predicted octanol–water partition coefficient (Wildman–Crippen LogP) is 3.15. The zero-order valence-electron chi connectivity index (χ0n) is 16.1. The topological polar surface area (TPSA) is 58.4 Å². The van der Waals surface area contributed by atoms with Gasteiger partial charge in [-0.25, -0.2) is 4.99 Å². The molecule has 0 fully saturated rings. The Labute approximate surface area is 165 Å². The van der Waals surface area contributed by atoms with E-state index in [2.05, 4.69) is 58.9 Å². The lowest BCUT2D eigenvalue weighted by Crippen LogP contribution is -2.36. The largest absolute Gasteiger partial charge is 0.357 e. The molecule has 2 N–H and O–H groups in total. The van der Waals surface area contributed by atoms with E-state index in [0.29, 0.717) is 19.6 Å². The number of aromatic nitrogens is 1. The Morgan fingerprint density at radius 2 is 1.57 bits per heavy atom. The summed E-state index contributed by atoms with van der Waals surface area (Å²) in [5, 5.41) is 6.64. The predicted molar refractivity (Wildman–Crippen MR) is 114 cm³/mol. The van der Waals surface area contributed by atoms with Gasteiger partial charge in [0.05, 0.1) is 13.1 Å². The molecular weight excluding hydrogens is 348 g/mol. The summed E-state index contributed by atoms with van der Waals surface area (Å²) in [6, 6.07) is 23.7. The smallest absolute Gasteiger partial charge is 0.250 e. The fraction of sp³-hybridized carbons (Fsp3) is 0.217. The molecule has 0 aliphatic carbocycles. The summed E-state index contributed by atoms with van der Waals surface area (Å²) >= 11 is 0. The Kier molecular flexibility index (Phi) is 7.01. The first-order valence-electron chi connectivity index (χ1n) is 9.54. The lowest BCUT2D eigenvalue weighted by molar-refractivity contribution is 0.758. The first-order valence-corrected chi connectivity index (χ1v) is 9.54. The van der Waals surface area contributed by atoms with Crippen LogP contribution in [-0.4, -0.2) is 17.1 Å². The first-order chi connectivity index (χ1) is 13.7. The van der Waals surface area contributed by atoms with E-state index in [9.17, 15) is 4.79 Å². The van der Waals surface area contributed by atoms with Crippen LogP contribution in [0.1, 0.15) is 23.6 Å². The van der Waals surface area contributed by atoms with Crippen molar-refractivity contribution >= 4 is 5.96 Å². The van der Waals surface area contributed by atoms with Crippen molar-refractivity contribution in [2.45, 2.75) is 26.6 Å². The van der Waals surface area contributed by atoms with Crippen molar-refractivity contribution in [3.8, 4) is 0 Å². The molecule has 1 heterocycles. The molecule has 0 atom stereocenters. The average Bonchev–Trinajstić information content (AvgIpc) is 2.73. The first kappa shape index (κ1) is 19.4. The Hall–Kier alpha value is -3.34. The minimum Gasteiger partial charge on any atom is -0.357 e. The summed E-state index contributed by atoms with van der Waals surface area (Å²) in [6.07, 6.45) is 1.81. The molecule has 0 aliphatic rings. The molecular formula is C23H26N4O. The summed E-state index contributed by atoms with van der Waals surface area (Å²) in [5.74, 6) is 0.797. The monoisotopic (exact) mass is 374 g/mol. The molecule has 0 saturated heterocycles. The molecule has 2 aromatic carbocycles. The summed E-state index contributed by atoms with van der Waals surface area (Å²) in [5.41, 5.74) is 3.45. The highest BCUT2D eigenvalue weighted by atomic mass is 16.1. The van der Waals surface area contributed by atoms with Crippen LogP contribution < -0.4 is 16.2 Å². The minimum absolute atomic E-state index is 0.0122. The van der Waals surface area contributed by atoms with Crippen LogP contribution in [0.3, 0.4) is 0 Å². The molecule has 5 nitrogen and oxygen atoms in total. The molecule has 0 spiro atoms. The maximum absolute atomic E-state index is 11.8. The van der Waals surface area contributed by atoms with Gasteiger partial charge in [-0.3, -0.25) is 4.79 Å². The van der Waals surface area contributed by atoms with Crippen molar-refractivity contribution in [1.82, 2.24) is 15.2 Å². The van der Waals surface area contributed by atoms with Crippen LogP contribution in [0.5, 0.6) is 0 Å². The lowest BCUT2D eigenvalue weighted by atomic mass is 10.1. The van der Waals surface area contributed by atoms with Gasteiger partial charge in [-0.2, -0.15) is 0 Å². The normalized spacial score (nSPS) is 11.2. The Morgan fingerprint density at radius 1 is 0.857 bits per heavy atom. The third-order valence-electron chi connectivity index (χ3n) is 4.34. The van der Waals surface area contributed by atoms with E-state index in [0.717, 1.165) is 23.6 Å². The second-order valence-electron chi connectivity index (χ2n) is 6.52. The number of guanidine groups is 1. The van der Waals surface area contributed by atoms with Crippen LogP contribution in [0.4, 0.5) is 0 Å². The van der Waals surface area contributed by atoms with Gasteiger partial charge in [0, 0.05) is 25.4 Å². The van der Waals surface area contributed by atoms with Gasteiger partial charge in [-0.1, -0.05) is 60.7 Å². The summed E-state index contributed by atoms with van der Waals surface area (Å²) < 4.78 is 1.70. The highest BCUT2D eigenvalue weighted by Crippen LogP contribution is 2.06. The Morgan fingerprint density at radius 3 is 2.29 bits per heavy atom. The second kappa shape index (κ2) is 10.1. The van der Waals surface area contributed by atoms with Gasteiger partial charge >= 0.3 is 0 Å². The van der Waals surface area contributed by atoms with Gasteiger partial charge in [0.15, 0.2) is 5.96 Å². The lowest BCUT2D eigenvalue weighted by Gasteiger charge is -2.12. The minimum atomic E-state index is 0.0122. The molecule has 0 unspecified atom stereocenters. The fourth-order valence-corrected chi connectivity index (χ4v) is 2.83. The van der Waals surface area contributed by atoms with E-state index in [-0.39, 0.29) is 5.56 Å². The van der Waals surface area contributed by atoms with Crippen molar-refractivity contribution in [3.63, 3.8) is 0 Å². The van der Waals surface area contributed by atoms with Crippen LogP contribution in [0.25, 0.3) is 0 Å². The third-order valence-corrected chi connectivity index (χ3v) is 4.34. The molecule has 3 rings (SSSR count). The van der Waals surface area contributed by atoms with Crippen molar-refractivity contribution in [2.75, 3.05) is 6.54 Å². The van der Waals surface area contributed by atoms with Gasteiger partial charge in [-0.15, -0.1) is 0 Å². The van der Waals surface area contributed by atoms with E-state index in [4.69, 9.17) is 0 Å². The number of aliphatic imine (C=N–C) groups is 1. The molecule has 5 heteroatoms. The van der Waals surface area contributed by atoms with Crippen LogP contribution in [0.2, 0.25) is 0 Å². The van der Waals surface area contributed by atoms with Gasteiger partial charge in [0.2, 0.25) is 0 Å². The van der Waals surface area contributed by atoms with Crippen LogP contribution in [0.15, 0.2) is 88.8 Å². The number of benzene rings is 2. The number of hydrogen-bond donors (Lipinski definition) is 2. The van der Waals surface area contributed by atoms with E-state index in [1.807, 2.05) is 30.5 Å². The molecule has 3 aromatic rings. The maximum atomic E-state index is 11.8. The zero-order valence-corrected chi connectivity index (χ0v) is 16.1. The Balaban J connectivity index is 1.57. The standard InChI is InChI=1S/C23H26N4O/c1-2-24-23(25-16-19-8-4-3-5-9-19)26-17-20-11-13-21(14-12-20)18-27-15-7-6-10-22(27)28/h3-15H,2,16-18H2,1H3,(H2,24,25,26). The van der Waals surface area contributed by atoms with E-state index in [1.54, 1.807) is 16.7 Å². The van der Waals surface area contributed by atoms with Crippen LogP contribution in [-0.2, 0) is 19.6 Å². The van der Waals surface area contributed by atoms with Crippen molar-refractivity contribution < 1.29 is 0 Å². The van der Waals surface area contributed by atoms with E-state index >= 15 is 0 Å². The van der Waals surface area contributed by atoms with Crippen LogP contribution in [0, 0.1) is 0 Å². The van der Waals surface area contributed by atoms with Gasteiger partial charge in [-0.05, 0) is 29.7 Å². The van der Waals surface area contributed by atoms with E-state index < -0.39 is 0 Å². The SMILES string of the molecule is CCNC(=NCc1ccccc1)NCc1ccc(Cn2ccccc2=O)cc1. The zero-order chi connectivity index (χ0) is 19.6. The van der Waals surface area contributed by atoms with Crippen molar-refractivity contribution in [1.29, 1.82) is 0 Å². The second-order valence-corrected chi connectivity index (χ2v) is 6.52. The molecule has 28 heavy (non-hydrogen) atoms. The molecule has 1 aromatic heterocycles. The molecule has 0 bridgehead atoms. The maximum Gasteiger partial charge on any atom is 0.250 e. The Bertz CT molecular complexity index is 946. The average molecular weight is 374 g/mol. The van der Waals surface area contributed by atoms with Crippen molar-refractivity contribution in [3.05, 3.63) is 106 Å². The highest BCUT2D eigenvalue weighted by molar-refractivity contribution is 5.79. The number of rotatable bonds is 7.